The highest BCUT2D eigenvalue weighted by molar-refractivity contribution is 7.91. The average molecular weight is 496 g/mol. The lowest BCUT2D eigenvalue weighted by atomic mass is 9.90. The van der Waals surface area contributed by atoms with Gasteiger partial charge in [0.15, 0.2) is 9.84 Å². The van der Waals surface area contributed by atoms with Gasteiger partial charge in [0.25, 0.3) is 0 Å². The van der Waals surface area contributed by atoms with E-state index in [-0.39, 0.29) is 16.7 Å². The SMILES string of the molecule is Cc1cc(COc2ccc(S(=O)(=O)CC(C=C3CCC(N=O)CC3)NO)cc2)c2ccccc2n1. The zero-order chi connectivity index (χ0) is 24.8. The number of rotatable bonds is 9. The van der Waals surface area contributed by atoms with Gasteiger partial charge in [-0.15, -0.1) is 0 Å². The zero-order valence-corrected chi connectivity index (χ0v) is 20.4. The number of benzene rings is 2. The molecule has 2 aromatic carbocycles. The molecule has 0 bridgehead atoms. The van der Waals surface area contributed by atoms with Crippen LogP contribution in [-0.2, 0) is 16.4 Å². The number of aryl methyl sites for hydroxylation is 1. The summed E-state index contributed by atoms with van der Waals surface area (Å²) in [6.45, 7) is 2.27. The zero-order valence-electron chi connectivity index (χ0n) is 19.6. The highest BCUT2D eigenvalue weighted by atomic mass is 32.2. The lowest BCUT2D eigenvalue weighted by Crippen LogP contribution is -2.32. The molecule has 1 aliphatic rings. The van der Waals surface area contributed by atoms with Crippen molar-refractivity contribution in [1.82, 2.24) is 10.5 Å². The second-order valence-corrected chi connectivity index (χ2v) is 10.9. The molecule has 1 atom stereocenters. The molecular weight excluding hydrogens is 466 g/mol. The fourth-order valence-electron chi connectivity index (χ4n) is 4.40. The Morgan fingerprint density at radius 2 is 1.89 bits per heavy atom. The van der Waals surface area contributed by atoms with Crippen LogP contribution in [0.4, 0.5) is 0 Å². The number of fused-ring (bicyclic) bond motifs is 1. The van der Waals surface area contributed by atoms with Gasteiger partial charge in [0.1, 0.15) is 12.4 Å². The first-order valence-corrected chi connectivity index (χ1v) is 13.3. The average Bonchev–Trinajstić information content (AvgIpc) is 2.87. The number of pyridine rings is 1. The Labute approximate surface area is 204 Å². The second kappa shape index (κ2) is 11.1. The largest absolute Gasteiger partial charge is 0.489 e. The third-order valence-electron chi connectivity index (χ3n) is 6.26. The molecule has 8 nitrogen and oxygen atoms in total. The van der Waals surface area contributed by atoms with Crippen molar-refractivity contribution in [3.63, 3.8) is 0 Å². The number of hydroxylamine groups is 1. The smallest absolute Gasteiger partial charge is 0.180 e. The van der Waals surface area contributed by atoms with E-state index in [2.05, 4.69) is 15.6 Å². The molecule has 9 heteroatoms. The van der Waals surface area contributed by atoms with Gasteiger partial charge in [-0.25, -0.2) is 8.42 Å². The third kappa shape index (κ3) is 6.30. The van der Waals surface area contributed by atoms with Crippen LogP contribution < -0.4 is 10.2 Å². The fourth-order valence-corrected chi connectivity index (χ4v) is 5.79. The van der Waals surface area contributed by atoms with Gasteiger partial charge in [-0.05, 0) is 69.0 Å². The molecule has 0 amide bonds. The lowest BCUT2D eigenvalue weighted by Gasteiger charge is -2.20. The Bertz CT molecular complexity index is 1310. The molecule has 35 heavy (non-hydrogen) atoms. The Kier molecular flexibility index (Phi) is 7.90. The van der Waals surface area contributed by atoms with Gasteiger partial charge in [0.2, 0.25) is 0 Å². The van der Waals surface area contributed by atoms with Gasteiger partial charge in [-0.3, -0.25) is 4.98 Å². The van der Waals surface area contributed by atoms with E-state index in [1.54, 1.807) is 18.2 Å². The maximum atomic E-state index is 12.9. The van der Waals surface area contributed by atoms with Crippen LogP contribution in [0.3, 0.4) is 0 Å². The minimum absolute atomic E-state index is 0.155. The minimum atomic E-state index is -3.66. The molecule has 4 rings (SSSR count). The van der Waals surface area contributed by atoms with Gasteiger partial charge < -0.3 is 9.94 Å². The van der Waals surface area contributed by atoms with E-state index >= 15 is 0 Å². The van der Waals surface area contributed by atoms with Gasteiger partial charge in [0.05, 0.1) is 28.2 Å². The molecular formula is C26H29N3O5S. The first kappa shape index (κ1) is 25.0. The number of aromatic nitrogens is 1. The molecule has 1 heterocycles. The van der Waals surface area contributed by atoms with E-state index in [9.17, 15) is 18.5 Å². The summed E-state index contributed by atoms with van der Waals surface area (Å²) < 4.78 is 31.8. The second-order valence-electron chi connectivity index (χ2n) is 8.88. The maximum absolute atomic E-state index is 12.9. The van der Waals surface area contributed by atoms with Crippen molar-refractivity contribution in [2.24, 2.45) is 5.18 Å². The Hall–Kier alpha value is -3.14. The van der Waals surface area contributed by atoms with Gasteiger partial charge in [-0.1, -0.05) is 35.0 Å². The number of hydrogen-bond donors (Lipinski definition) is 2. The summed E-state index contributed by atoms with van der Waals surface area (Å²) in [6, 6.07) is 15.2. The highest BCUT2D eigenvalue weighted by Gasteiger charge is 2.22. The molecule has 1 aromatic heterocycles. The lowest BCUT2D eigenvalue weighted by molar-refractivity contribution is 0.150. The van der Waals surface area contributed by atoms with Crippen molar-refractivity contribution in [2.75, 3.05) is 5.75 Å². The number of para-hydroxylation sites is 1. The quantitative estimate of drug-likeness (QED) is 0.247. The van der Waals surface area contributed by atoms with Crippen molar-refractivity contribution < 1.29 is 18.4 Å². The van der Waals surface area contributed by atoms with Crippen LogP contribution in [0.15, 0.2) is 76.3 Å². The number of nitroso groups, excluding NO2 is 1. The molecule has 1 unspecified atom stereocenters. The summed E-state index contributed by atoms with van der Waals surface area (Å²) in [4.78, 5) is 15.4. The van der Waals surface area contributed by atoms with Crippen LogP contribution in [0.5, 0.6) is 5.75 Å². The van der Waals surface area contributed by atoms with Crippen molar-refractivity contribution in [1.29, 1.82) is 0 Å². The molecule has 0 radical (unpaired) electrons. The van der Waals surface area contributed by atoms with Crippen LogP contribution in [0.1, 0.15) is 36.9 Å². The van der Waals surface area contributed by atoms with Gasteiger partial charge >= 0.3 is 0 Å². The summed E-state index contributed by atoms with van der Waals surface area (Å²) >= 11 is 0. The van der Waals surface area contributed by atoms with Crippen molar-refractivity contribution in [2.45, 2.75) is 56.2 Å². The molecule has 1 fully saturated rings. The summed E-state index contributed by atoms with van der Waals surface area (Å²) in [7, 11) is -3.66. The van der Waals surface area contributed by atoms with Crippen LogP contribution in [0.2, 0.25) is 0 Å². The molecule has 3 aromatic rings. The summed E-state index contributed by atoms with van der Waals surface area (Å²) in [5.41, 5.74) is 5.94. The van der Waals surface area contributed by atoms with Crippen LogP contribution in [0.25, 0.3) is 10.9 Å². The summed E-state index contributed by atoms with van der Waals surface area (Å²) in [5, 5.41) is 13.6. The van der Waals surface area contributed by atoms with Gasteiger partial charge in [-0.2, -0.15) is 10.4 Å². The van der Waals surface area contributed by atoms with Crippen LogP contribution in [-0.4, -0.2) is 36.4 Å². The first-order valence-electron chi connectivity index (χ1n) is 11.6. The topological polar surface area (TPSA) is 118 Å². The molecule has 0 saturated heterocycles. The van der Waals surface area contributed by atoms with E-state index in [0.717, 1.165) is 27.7 Å². The Morgan fingerprint density at radius 3 is 2.57 bits per heavy atom. The standard InChI is InChI=1S/C26H29N3O5S/c1-18-14-20(25-4-2-3-5-26(25)27-18)16-34-23-10-12-24(13-11-23)35(32,33)17-22(29-31)15-19-6-8-21(28-30)9-7-19/h2-5,10-15,21-22,29,31H,6-9,16-17H2,1H3. The normalized spacial score (nSPS) is 17.2. The van der Waals surface area contributed by atoms with Gasteiger partial charge in [0, 0.05) is 16.6 Å². The predicted octanol–water partition coefficient (Wildman–Crippen LogP) is 4.88. The number of ether oxygens (including phenoxy) is 1. The van der Waals surface area contributed by atoms with E-state index in [0.29, 0.717) is 38.0 Å². The van der Waals surface area contributed by atoms with E-state index in [4.69, 9.17) is 4.74 Å². The number of nitrogens with zero attached hydrogens (tertiary/aromatic N) is 2. The number of allylic oxidation sites excluding steroid dienone is 1. The summed E-state index contributed by atoms with van der Waals surface area (Å²) in [6.07, 6.45) is 4.39. The molecule has 2 N–H and O–H groups in total. The number of nitrogens with one attached hydrogen (secondary N) is 1. The van der Waals surface area contributed by atoms with Crippen molar-refractivity contribution in [3.8, 4) is 5.75 Å². The summed E-state index contributed by atoms with van der Waals surface area (Å²) in [5.74, 6) is 0.271. The number of sulfone groups is 1. The maximum Gasteiger partial charge on any atom is 0.180 e. The van der Waals surface area contributed by atoms with Crippen molar-refractivity contribution in [3.05, 3.63) is 82.4 Å². The fraction of sp³-hybridized carbons (Fsp3) is 0.346. The van der Waals surface area contributed by atoms with E-state index in [1.807, 2.05) is 37.3 Å². The number of hydrogen-bond acceptors (Lipinski definition) is 8. The van der Waals surface area contributed by atoms with Crippen LogP contribution in [0, 0.1) is 11.8 Å². The Balaban J connectivity index is 1.41. The van der Waals surface area contributed by atoms with Crippen molar-refractivity contribution >= 4 is 20.7 Å². The Morgan fingerprint density at radius 1 is 1.17 bits per heavy atom. The predicted molar refractivity (Wildman–Crippen MR) is 134 cm³/mol. The highest BCUT2D eigenvalue weighted by Crippen LogP contribution is 2.27. The van der Waals surface area contributed by atoms with Crippen LogP contribution >= 0.6 is 0 Å². The minimum Gasteiger partial charge on any atom is -0.489 e. The van der Waals surface area contributed by atoms with E-state index < -0.39 is 15.9 Å². The molecule has 1 aliphatic carbocycles. The molecule has 184 valence electrons. The van der Waals surface area contributed by atoms with E-state index in [1.165, 1.54) is 12.1 Å². The molecule has 0 spiro atoms. The first-order chi connectivity index (χ1) is 16.9. The molecule has 1 saturated carbocycles. The monoisotopic (exact) mass is 495 g/mol. The third-order valence-corrected chi connectivity index (χ3v) is 8.04. The molecule has 0 aliphatic heterocycles.